The number of hydrogen-bond donors (Lipinski definition) is 3. The molecule has 0 radical (unpaired) electrons. The Labute approximate surface area is 104 Å². The predicted octanol–water partition coefficient (Wildman–Crippen LogP) is 0.802. The topological polar surface area (TPSA) is 61.4 Å². The molecule has 0 aliphatic carbocycles. The minimum Gasteiger partial charge on any atom is -0.382 e. The number of aliphatic hydroxyl groups excluding tert-OH is 1. The summed E-state index contributed by atoms with van der Waals surface area (Å²) in [6.45, 7) is 3.75. The summed E-state index contributed by atoms with van der Waals surface area (Å²) in [6, 6.07) is -1.77. The van der Waals surface area contributed by atoms with E-state index in [9.17, 15) is 23.1 Å². The number of alkyl halides is 3. The van der Waals surface area contributed by atoms with E-state index in [0.29, 0.717) is 13.0 Å². The Kier molecular flexibility index (Phi) is 4.98. The number of amides is 1. The van der Waals surface area contributed by atoms with Crippen LogP contribution in [-0.2, 0) is 4.79 Å². The molecule has 0 spiro atoms. The van der Waals surface area contributed by atoms with Crippen LogP contribution in [0.1, 0.15) is 26.7 Å². The Morgan fingerprint density at radius 1 is 1.44 bits per heavy atom. The van der Waals surface area contributed by atoms with Gasteiger partial charge >= 0.3 is 6.18 Å². The van der Waals surface area contributed by atoms with Gasteiger partial charge in [0.25, 0.3) is 0 Å². The Bertz CT molecular complexity index is 289. The van der Waals surface area contributed by atoms with Gasteiger partial charge in [-0.1, -0.05) is 13.8 Å². The van der Waals surface area contributed by atoms with Crippen LogP contribution < -0.4 is 10.6 Å². The van der Waals surface area contributed by atoms with E-state index in [1.807, 2.05) is 0 Å². The molecule has 0 aromatic heterocycles. The van der Waals surface area contributed by atoms with E-state index in [4.69, 9.17) is 0 Å². The summed E-state index contributed by atoms with van der Waals surface area (Å²) >= 11 is 0. The standard InChI is InChI=1S/C11H19F3N2O2/c1-6(2)8(9(17)11(12,13)14)16-10(18)7-4-3-5-15-7/h6-9,15,17H,3-5H2,1-2H3,(H,16,18)/t7?,8-,9-/m0/s1. The Morgan fingerprint density at radius 3 is 2.44 bits per heavy atom. The molecular weight excluding hydrogens is 249 g/mol. The van der Waals surface area contributed by atoms with Crippen molar-refractivity contribution >= 4 is 5.91 Å². The monoisotopic (exact) mass is 268 g/mol. The first-order valence-electron chi connectivity index (χ1n) is 6.02. The zero-order valence-electron chi connectivity index (χ0n) is 10.4. The highest BCUT2D eigenvalue weighted by Crippen LogP contribution is 2.25. The van der Waals surface area contributed by atoms with Gasteiger partial charge in [0.1, 0.15) is 0 Å². The fourth-order valence-corrected chi connectivity index (χ4v) is 1.99. The predicted molar refractivity (Wildman–Crippen MR) is 59.9 cm³/mol. The highest BCUT2D eigenvalue weighted by molar-refractivity contribution is 5.82. The molecular formula is C11H19F3N2O2. The largest absolute Gasteiger partial charge is 0.416 e. The van der Waals surface area contributed by atoms with Gasteiger partial charge in [-0.25, -0.2) is 0 Å². The Morgan fingerprint density at radius 2 is 2.06 bits per heavy atom. The number of aliphatic hydroxyl groups is 1. The first-order chi connectivity index (χ1) is 8.23. The van der Waals surface area contributed by atoms with Crippen molar-refractivity contribution in [3.8, 4) is 0 Å². The maximum atomic E-state index is 12.5. The number of hydrogen-bond acceptors (Lipinski definition) is 3. The van der Waals surface area contributed by atoms with Gasteiger partial charge in [0.15, 0.2) is 6.10 Å². The minimum absolute atomic E-state index is 0.452. The number of carbonyl (C=O) groups excluding carboxylic acids is 1. The normalized spacial score (nSPS) is 24.1. The molecule has 1 aliphatic rings. The zero-order chi connectivity index (χ0) is 13.9. The zero-order valence-corrected chi connectivity index (χ0v) is 10.4. The van der Waals surface area contributed by atoms with Crippen molar-refractivity contribution in [2.75, 3.05) is 6.54 Å². The van der Waals surface area contributed by atoms with Gasteiger partial charge in [-0.05, 0) is 25.3 Å². The molecule has 7 heteroatoms. The highest BCUT2D eigenvalue weighted by atomic mass is 19.4. The van der Waals surface area contributed by atoms with Crippen LogP contribution in [0.15, 0.2) is 0 Å². The molecule has 18 heavy (non-hydrogen) atoms. The fraction of sp³-hybridized carbons (Fsp3) is 0.909. The van der Waals surface area contributed by atoms with Gasteiger partial charge in [0.05, 0.1) is 12.1 Å². The molecule has 3 N–H and O–H groups in total. The number of rotatable bonds is 4. The van der Waals surface area contributed by atoms with Crippen molar-refractivity contribution in [2.24, 2.45) is 5.92 Å². The molecule has 106 valence electrons. The number of carbonyl (C=O) groups is 1. The smallest absolute Gasteiger partial charge is 0.382 e. The van der Waals surface area contributed by atoms with Crippen LogP contribution in [0.3, 0.4) is 0 Å². The van der Waals surface area contributed by atoms with Crippen molar-refractivity contribution in [3.63, 3.8) is 0 Å². The van der Waals surface area contributed by atoms with Crippen LogP contribution in [-0.4, -0.2) is 41.9 Å². The van der Waals surface area contributed by atoms with Crippen molar-refractivity contribution in [3.05, 3.63) is 0 Å². The van der Waals surface area contributed by atoms with Crippen LogP contribution >= 0.6 is 0 Å². The molecule has 1 saturated heterocycles. The van der Waals surface area contributed by atoms with Crippen LogP contribution in [0.5, 0.6) is 0 Å². The molecule has 1 rings (SSSR count). The average molecular weight is 268 g/mol. The van der Waals surface area contributed by atoms with Gasteiger partial charge in [0.2, 0.25) is 5.91 Å². The molecule has 1 amide bonds. The minimum atomic E-state index is -4.73. The van der Waals surface area contributed by atoms with Gasteiger partial charge in [-0.2, -0.15) is 13.2 Å². The van der Waals surface area contributed by atoms with Gasteiger partial charge in [-0.3, -0.25) is 4.79 Å². The van der Waals surface area contributed by atoms with E-state index in [-0.39, 0.29) is 0 Å². The lowest BCUT2D eigenvalue weighted by Crippen LogP contribution is -2.55. The number of halogens is 3. The summed E-state index contributed by atoms with van der Waals surface area (Å²) in [4.78, 5) is 11.7. The summed E-state index contributed by atoms with van der Waals surface area (Å²) < 4.78 is 37.4. The van der Waals surface area contributed by atoms with Crippen LogP contribution in [0.2, 0.25) is 0 Å². The highest BCUT2D eigenvalue weighted by Gasteiger charge is 2.45. The Hall–Kier alpha value is -0.820. The van der Waals surface area contributed by atoms with Crippen LogP contribution in [0.25, 0.3) is 0 Å². The molecule has 1 aliphatic heterocycles. The maximum Gasteiger partial charge on any atom is 0.416 e. The van der Waals surface area contributed by atoms with Gasteiger partial charge in [-0.15, -0.1) is 0 Å². The van der Waals surface area contributed by atoms with Crippen LogP contribution in [0.4, 0.5) is 13.2 Å². The molecule has 0 bridgehead atoms. The summed E-state index contributed by atoms with van der Waals surface area (Å²) in [6.07, 6.45) is -5.83. The SMILES string of the molecule is CC(C)[C@H](NC(=O)C1CCCN1)[C@H](O)C(F)(F)F. The lowest BCUT2D eigenvalue weighted by molar-refractivity contribution is -0.215. The van der Waals surface area contributed by atoms with Crippen molar-refractivity contribution in [1.82, 2.24) is 10.6 Å². The van der Waals surface area contributed by atoms with E-state index in [0.717, 1.165) is 6.42 Å². The molecule has 3 atom stereocenters. The lowest BCUT2D eigenvalue weighted by Gasteiger charge is -2.29. The second kappa shape index (κ2) is 5.88. The first kappa shape index (κ1) is 15.2. The fourth-order valence-electron chi connectivity index (χ4n) is 1.99. The van der Waals surface area contributed by atoms with Crippen molar-refractivity contribution < 1.29 is 23.1 Å². The maximum absolute atomic E-state index is 12.5. The molecule has 0 aromatic rings. The summed E-state index contributed by atoms with van der Waals surface area (Å²) in [5, 5.41) is 14.4. The van der Waals surface area contributed by atoms with Crippen molar-refractivity contribution in [2.45, 2.75) is 51.1 Å². The van der Waals surface area contributed by atoms with E-state index in [1.165, 1.54) is 13.8 Å². The van der Waals surface area contributed by atoms with Gasteiger partial charge < -0.3 is 15.7 Å². The molecule has 0 saturated carbocycles. The van der Waals surface area contributed by atoms with Crippen molar-refractivity contribution in [1.29, 1.82) is 0 Å². The molecule has 1 fully saturated rings. The third-order valence-electron chi connectivity index (χ3n) is 3.08. The molecule has 4 nitrogen and oxygen atoms in total. The summed E-state index contributed by atoms with van der Waals surface area (Å²) in [5.41, 5.74) is 0. The summed E-state index contributed by atoms with van der Waals surface area (Å²) in [7, 11) is 0. The molecule has 1 unspecified atom stereocenters. The third kappa shape index (κ3) is 3.84. The first-order valence-corrected chi connectivity index (χ1v) is 6.02. The van der Waals surface area contributed by atoms with Crippen LogP contribution in [0, 0.1) is 5.92 Å². The molecule has 1 heterocycles. The molecule has 0 aromatic carbocycles. The Balaban J connectivity index is 2.65. The van der Waals surface area contributed by atoms with Gasteiger partial charge in [0, 0.05) is 0 Å². The second-order valence-electron chi connectivity index (χ2n) is 4.91. The van der Waals surface area contributed by atoms with E-state index < -0.39 is 36.2 Å². The second-order valence-corrected chi connectivity index (χ2v) is 4.91. The quantitative estimate of drug-likeness (QED) is 0.707. The summed E-state index contributed by atoms with van der Waals surface area (Å²) in [5.74, 6) is -0.985. The lowest BCUT2D eigenvalue weighted by atomic mass is 9.97. The van der Waals surface area contributed by atoms with E-state index in [2.05, 4.69) is 10.6 Å². The van der Waals surface area contributed by atoms with E-state index in [1.54, 1.807) is 0 Å². The number of nitrogens with one attached hydrogen (secondary N) is 2. The third-order valence-corrected chi connectivity index (χ3v) is 3.08. The van der Waals surface area contributed by atoms with E-state index >= 15 is 0 Å². The average Bonchev–Trinajstić information content (AvgIpc) is 2.76.